The van der Waals surface area contributed by atoms with Crippen molar-refractivity contribution in [3.05, 3.63) is 111 Å². The summed E-state index contributed by atoms with van der Waals surface area (Å²) in [7, 11) is -5.00. The van der Waals surface area contributed by atoms with Gasteiger partial charge < -0.3 is 19.3 Å². The van der Waals surface area contributed by atoms with Gasteiger partial charge in [-0.2, -0.15) is 4.39 Å². The normalized spacial score (nSPS) is 20.4. The van der Waals surface area contributed by atoms with Gasteiger partial charge in [0.05, 0.1) is 18.9 Å². The Bertz CT molecular complexity index is 1780. The van der Waals surface area contributed by atoms with Crippen molar-refractivity contribution >= 4 is 30.3 Å². The topological polar surface area (TPSA) is 160 Å². The lowest BCUT2D eigenvalue weighted by Gasteiger charge is -2.31. The zero-order chi connectivity index (χ0) is 30.7. The third-order valence-corrected chi connectivity index (χ3v) is 8.01. The summed E-state index contributed by atoms with van der Waals surface area (Å²) >= 11 is 0. The molecule has 1 aliphatic heterocycles. The van der Waals surface area contributed by atoms with Crippen LogP contribution in [0.5, 0.6) is 0 Å². The predicted octanol–water partition coefficient (Wildman–Crippen LogP) is 3.23. The molecule has 1 aromatic heterocycles. The number of H-pyrrole nitrogens is 1. The highest BCUT2D eigenvalue weighted by Gasteiger charge is 2.39. The van der Waals surface area contributed by atoms with E-state index in [-0.39, 0.29) is 13.0 Å². The molecule has 0 aliphatic carbocycles. The Morgan fingerprint density at radius 2 is 1.84 bits per heavy atom. The first-order chi connectivity index (χ1) is 20.5. The molecule has 12 nitrogen and oxygen atoms in total. The third kappa shape index (κ3) is 6.93. The number of carbonyl (C=O) groups is 1. The number of anilines is 1. The van der Waals surface area contributed by atoms with E-state index >= 15 is 0 Å². The van der Waals surface area contributed by atoms with Crippen LogP contribution in [0.3, 0.4) is 0 Å². The summed E-state index contributed by atoms with van der Waals surface area (Å²) in [6.07, 6.45) is -3.26. The maximum atomic E-state index is 13.7. The number of aliphatic hydroxyl groups excluding tert-OH is 1. The van der Waals surface area contributed by atoms with Gasteiger partial charge in [-0.25, -0.2) is 14.2 Å². The SMILES string of the molecule is C[C@@H](C(=O)OP(=O)(O)OC[C@H]1O[C@@H](n2cc(F)c(=O)[nH]c2=O)C[C@@H]1O)N(Cc1ccccc1)c1cccc2ccccc12. The summed E-state index contributed by atoms with van der Waals surface area (Å²) in [6.45, 7) is 1.14. The van der Waals surface area contributed by atoms with E-state index in [0.717, 1.165) is 20.9 Å². The molecule has 2 heterocycles. The van der Waals surface area contributed by atoms with E-state index in [0.29, 0.717) is 11.9 Å². The summed E-state index contributed by atoms with van der Waals surface area (Å²) in [4.78, 5) is 50.5. The molecule has 226 valence electrons. The van der Waals surface area contributed by atoms with E-state index in [2.05, 4.69) is 0 Å². The molecule has 14 heteroatoms. The largest absolute Gasteiger partial charge is 0.529 e. The molecule has 1 unspecified atom stereocenters. The number of aromatic nitrogens is 2. The van der Waals surface area contributed by atoms with Gasteiger partial charge in [-0.1, -0.05) is 66.7 Å². The maximum Gasteiger partial charge on any atom is 0.529 e. The van der Waals surface area contributed by atoms with Crippen molar-refractivity contribution < 1.29 is 37.5 Å². The molecule has 0 radical (unpaired) electrons. The van der Waals surface area contributed by atoms with Gasteiger partial charge in [0.1, 0.15) is 18.4 Å². The van der Waals surface area contributed by atoms with Crippen LogP contribution in [0.4, 0.5) is 10.1 Å². The molecule has 4 aromatic rings. The number of hydrogen-bond acceptors (Lipinski definition) is 9. The van der Waals surface area contributed by atoms with Gasteiger partial charge in [-0.05, 0) is 23.9 Å². The van der Waals surface area contributed by atoms with Crippen molar-refractivity contribution in [3.8, 4) is 0 Å². The number of ether oxygens (including phenoxy) is 1. The third-order valence-electron chi connectivity index (χ3n) is 7.13. The van der Waals surface area contributed by atoms with Crippen LogP contribution >= 0.6 is 7.82 Å². The standard InChI is InChI=1S/C29H29FN3O9P/c1-18(32(15-19-8-3-2-4-9-19)23-13-7-11-20-10-5-6-12-21(20)23)28(36)42-43(38,39)40-17-25-24(34)14-26(41-25)33-16-22(30)27(35)31-29(33)37/h2-13,16,18,24-26,34H,14-15,17H2,1H3,(H,38,39)(H,31,35,37)/t18-,24-,25+,26+/m0/s1. The molecule has 0 bridgehead atoms. The van der Waals surface area contributed by atoms with Crippen molar-refractivity contribution in [1.82, 2.24) is 9.55 Å². The van der Waals surface area contributed by atoms with Gasteiger partial charge in [-0.15, -0.1) is 0 Å². The lowest BCUT2D eigenvalue weighted by molar-refractivity contribution is -0.137. The maximum absolute atomic E-state index is 13.7. The van der Waals surface area contributed by atoms with Gasteiger partial charge in [0.2, 0.25) is 5.82 Å². The number of hydrogen-bond donors (Lipinski definition) is 3. The van der Waals surface area contributed by atoms with Crippen LogP contribution in [0.25, 0.3) is 10.8 Å². The molecule has 1 fully saturated rings. The lowest BCUT2D eigenvalue weighted by Crippen LogP contribution is -2.39. The highest BCUT2D eigenvalue weighted by molar-refractivity contribution is 7.48. The molecule has 1 aliphatic rings. The average Bonchev–Trinajstić information content (AvgIpc) is 3.36. The van der Waals surface area contributed by atoms with Gasteiger partial charge in [0.25, 0.3) is 5.56 Å². The van der Waals surface area contributed by atoms with Crippen LogP contribution in [-0.4, -0.2) is 50.4 Å². The molecule has 3 aromatic carbocycles. The van der Waals surface area contributed by atoms with Crippen LogP contribution in [0.15, 0.2) is 88.6 Å². The Labute approximate surface area is 244 Å². The number of aromatic amines is 1. The van der Waals surface area contributed by atoms with Gasteiger partial charge >= 0.3 is 19.5 Å². The van der Waals surface area contributed by atoms with Gasteiger partial charge in [0, 0.05) is 24.0 Å². The van der Waals surface area contributed by atoms with Crippen molar-refractivity contribution in [3.63, 3.8) is 0 Å². The van der Waals surface area contributed by atoms with Crippen LogP contribution in [0.1, 0.15) is 25.1 Å². The fourth-order valence-electron chi connectivity index (χ4n) is 4.89. The summed E-state index contributed by atoms with van der Waals surface area (Å²) in [5.74, 6) is -2.26. The summed E-state index contributed by atoms with van der Waals surface area (Å²) < 4.78 is 42.7. The summed E-state index contributed by atoms with van der Waals surface area (Å²) in [6, 6.07) is 21.6. The minimum Gasteiger partial charge on any atom is -0.390 e. The Morgan fingerprint density at radius 1 is 1.14 bits per heavy atom. The van der Waals surface area contributed by atoms with Gasteiger partial charge in [0.15, 0.2) is 0 Å². The predicted molar refractivity (Wildman–Crippen MR) is 154 cm³/mol. The number of fused-ring (bicyclic) bond motifs is 1. The molecule has 43 heavy (non-hydrogen) atoms. The number of carbonyl (C=O) groups excluding carboxylic acids is 1. The molecule has 0 amide bonds. The van der Waals surface area contributed by atoms with E-state index in [1.165, 1.54) is 0 Å². The van der Waals surface area contributed by atoms with Crippen molar-refractivity contribution in [2.24, 2.45) is 0 Å². The second-order valence-corrected chi connectivity index (χ2v) is 11.4. The van der Waals surface area contributed by atoms with Crippen LogP contribution in [-0.2, 0) is 29.7 Å². The number of nitrogens with one attached hydrogen (secondary N) is 1. The molecule has 0 saturated carbocycles. The highest BCUT2D eigenvalue weighted by Crippen LogP contribution is 2.45. The first-order valence-electron chi connectivity index (χ1n) is 13.4. The number of rotatable bonds is 10. The molecule has 1 saturated heterocycles. The molecule has 5 atom stereocenters. The first-order valence-corrected chi connectivity index (χ1v) is 14.9. The Kier molecular flexibility index (Phi) is 8.90. The first kappa shape index (κ1) is 30.3. The fourth-order valence-corrected chi connectivity index (χ4v) is 5.66. The van der Waals surface area contributed by atoms with Crippen LogP contribution in [0.2, 0.25) is 0 Å². The minimum absolute atomic E-state index is 0.203. The highest BCUT2D eigenvalue weighted by atomic mass is 31.2. The fraction of sp³-hybridized carbons (Fsp3) is 0.276. The van der Waals surface area contributed by atoms with Crippen LogP contribution < -0.4 is 16.1 Å². The minimum atomic E-state index is -5.00. The molecule has 3 N–H and O–H groups in total. The number of phosphoric acid groups is 1. The molecular weight excluding hydrogens is 584 g/mol. The number of halogens is 1. The van der Waals surface area contributed by atoms with E-state index in [4.69, 9.17) is 13.8 Å². The van der Waals surface area contributed by atoms with Crippen molar-refractivity contribution in [1.29, 1.82) is 0 Å². The number of aliphatic hydroxyl groups is 1. The smallest absolute Gasteiger partial charge is 0.390 e. The monoisotopic (exact) mass is 613 g/mol. The number of benzene rings is 3. The van der Waals surface area contributed by atoms with Crippen molar-refractivity contribution in [2.45, 2.75) is 44.4 Å². The Balaban J connectivity index is 1.28. The van der Waals surface area contributed by atoms with E-state index in [9.17, 15) is 33.3 Å². The summed E-state index contributed by atoms with van der Waals surface area (Å²) in [5, 5.41) is 12.2. The number of phosphoric ester groups is 1. The average molecular weight is 614 g/mol. The zero-order valence-electron chi connectivity index (χ0n) is 22.9. The molecule has 5 rings (SSSR count). The van der Waals surface area contributed by atoms with Crippen molar-refractivity contribution in [2.75, 3.05) is 11.5 Å². The Hall–Kier alpha value is -4.13. The molecule has 0 spiro atoms. The van der Waals surface area contributed by atoms with E-state index < -0.39 is 61.9 Å². The lowest BCUT2D eigenvalue weighted by atomic mass is 10.1. The van der Waals surface area contributed by atoms with Gasteiger partial charge in [-0.3, -0.25) is 23.8 Å². The molecular formula is C29H29FN3O9P. The quantitative estimate of drug-likeness (QED) is 0.227. The van der Waals surface area contributed by atoms with Crippen LogP contribution in [0, 0.1) is 5.82 Å². The summed E-state index contributed by atoms with van der Waals surface area (Å²) in [5.41, 5.74) is -0.573. The second-order valence-electron chi connectivity index (χ2n) is 10.0. The second kappa shape index (κ2) is 12.6. The van der Waals surface area contributed by atoms with E-state index in [1.54, 1.807) is 16.8 Å². The number of nitrogens with zero attached hydrogens (tertiary/aromatic N) is 2. The Morgan fingerprint density at radius 3 is 2.60 bits per heavy atom. The van der Waals surface area contributed by atoms with E-state index in [1.807, 2.05) is 72.8 Å². The zero-order valence-corrected chi connectivity index (χ0v) is 23.8.